The number of imide groups is 1. The molecule has 0 heterocycles. The van der Waals surface area contributed by atoms with Crippen LogP contribution >= 0.6 is 0 Å². The van der Waals surface area contributed by atoms with Crippen LogP contribution in [0.4, 0.5) is 0 Å². The van der Waals surface area contributed by atoms with Gasteiger partial charge in [0.2, 0.25) is 11.8 Å². The second-order valence-electron chi connectivity index (χ2n) is 13.5. The largest absolute Gasteiger partial charge is 0.396 e. The van der Waals surface area contributed by atoms with Gasteiger partial charge < -0.3 is 5.11 Å². The summed E-state index contributed by atoms with van der Waals surface area (Å²) in [5.74, 6) is -0.158. The minimum Gasteiger partial charge on any atom is -0.396 e. The maximum Gasteiger partial charge on any atom is 0.226 e. The van der Waals surface area contributed by atoms with Gasteiger partial charge in [-0.2, -0.15) is 0 Å². The van der Waals surface area contributed by atoms with E-state index in [1.165, 1.54) is 180 Å². The van der Waals surface area contributed by atoms with E-state index < -0.39 is 0 Å². The standard InChI is InChI=1S/C39H77NO3/c1-2-3-4-5-6-7-8-9-14-17-20-23-26-29-32-35-38(42)40-39(43)36-33-30-27-24-21-18-15-12-10-11-13-16-19-22-25-28-31-34-37-41/h41H,2-37H2,1H3,(H,40,42,43). The Morgan fingerprint density at radius 1 is 0.349 bits per heavy atom. The van der Waals surface area contributed by atoms with Crippen molar-refractivity contribution in [2.75, 3.05) is 6.61 Å². The van der Waals surface area contributed by atoms with Gasteiger partial charge in [0.05, 0.1) is 0 Å². The zero-order valence-electron chi connectivity index (χ0n) is 29.2. The molecule has 0 bridgehead atoms. The highest BCUT2D eigenvalue weighted by Crippen LogP contribution is 2.16. The third-order valence-corrected chi connectivity index (χ3v) is 9.10. The molecular weight excluding hydrogens is 530 g/mol. The zero-order valence-corrected chi connectivity index (χ0v) is 29.2. The van der Waals surface area contributed by atoms with Crippen LogP contribution in [0, 0.1) is 0 Å². The van der Waals surface area contributed by atoms with E-state index in [0.717, 1.165) is 32.1 Å². The highest BCUT2D eigenvalue weighted by Gasteiger charge is 2.07. The summed E-state index contributed by atoms with van der Waals surface area (Å²) in [5, 5.41) is 11.4. The van der Waals surface area contributed by atoms with E-state index in [4.69, 9.17) is 5.11 Å². The van der Waals surface area contributed by atoms with Crippen LogP contribution < -0.4 is 5.32 Å². The predicted molar refractivity (Wildman–Crippen MR) is 188 cm³/mol. The van der Waals surface area contributed by atoms with Crippen LogP contribution in [-0.2, 0) is 9.59 Å². The van der Waals surface area contributed by atoms with Crippen molar-refractivity contribution in [3.05, 3.63) is 0 Å². The van der Waals surface area contributed by atoms with Crippen molar-refractivity contribution in [1.82, 2.24) is 5.32 Å². The van der Waals surface area contributed by atoms with Crippen LogP contribution in [0.2, 0.25) is 0 Å². The Bertz CT molecular complexity index is 565. The van der Waals surface area contributed by atoms with Crippen molar-refractivity contribution >= 4 is 11.8 Å². The number of carbonyl (C=O) groups excluding carboxylic acids is 2. The molecule has 0 fully saturated rings. The lowest BCUT2D eigenvalue weighted by Crippen LogP contribution is -2.29. The maximum atomic E-state index is 12.1. The third-order valence-electron chi connectivity index (χ3n) is 9.10. The summed E-state index contributed by atoms with van der Waals surface area (Å²) in [7, 11) is 0. The maximum absolute atomic E-state index is 12.1. The molecule has 0 aromatic carbocycles. The van der Waals surface area contributed by atoms with Gasteiger partial charge in [-0.25, -0.2) is 0 Å². The molecule has 4 nitrogen and oxygen atoms in total. The van der Waals surface area contributed by atoms with Gasteiger partial charge in [0.25, 0.3) is 0 Å². The van der Waals surface area contributed by atoms with Crippen molar-refractivity contribution < 1.29 is 14.7 Å². The van der Waals surface area contributed by atoms with Gasteiger partial charge in [0.15, 0.2) is 0 Å². The molecule has 2 amide bonds. The summed E-state index contributed by atoms with van der Waals surface area (Å²) in [6, 6.07) is 0. The van der Waals surface area contributed by atoms with Gasteiger partial charge in [-0.15, -0.1) is 0 Å². The average molecular weight is 608 g/mol. The van der Waals surface area contributed by atoms with Crippen LogP contribution in [0.3, 0.4) is 0 Å². The first kappa shape index (κ1) is 42.1. The zero-order chi connectivity index (χ0) is 31.3. The fourth-order valence-corrected chi connectivity index (χ4v) is 6.16. The summed E-state index contributed by atoms with van der Waals surface area (Å²) in [6.07, 6.45) is 43.9. The molecule has 0 spiro atoms. The van der Waals surface area contributed by atoms with Crippen molar-refractivity contribution in [3.8, 4) is 0 Å². The normalized spacial score (nSPS) is 11.3. The highest BCUT2D eigenvalue weighted by atomic mass is 16.3. The number of aliphatic hydroxyl groups is 1. The van der Waals surface area contributed by atoms with Crippen LogP contribution in [0.25, 0.3) is 0 Å². The minimum atomic E-state index is -0.0796. The van der Waals surface area contributed by atoms with E-state index in [1.54, 1.807) is 0 Å². The summed E-state index contributed by atoms with van der Waals surface area (Å²) in [5.41, 5.74) is 0. The van der Waals surface area contributed by atoms with Crippen molar-refractivity contribution in [1.29, 1.82) is 0 Å². The highest BCUT2D eigenvalue weighted by molar-refractivity contribution is 5.95. The van der Waals surface area contributed by atoms with Crippen LogP contribution in [0.15, 0.2) is 0 Å². The molecule has 0 atom stereocenters. The van der Waals surface area contributed by atoms with Crippen LogP contribution in [0.5, 0.6) is 0 Å². The molecule has 0 aliphatic carbocycles. The van der Waals surface area contributed by atoms with Gasteiger partial charge in [0, 0.05) is 19.4 Å². The number of carbonyl (C=O) groups is 2. The van der Waals surface area contributed by atoms with Crippen molar-refractivity contribution in [2.24, 2.45) is 0 Å². The van der Waals surface area contributed by atoms with E-state index >= 15 is 0 Å². The molecule has 0 unspecified atom stereocenters. The molecule has 0 aromatic heterocycles. The topological polar surface area (TPSA) is 66.4 Å². The van der Waals surface area contributed by atoms with Gasteiger partial charge in [-0.1, -0.05) is 200 Å². The van der Waals surface area contributed by atoms with E-state index in [2.05, 4.69) is 12.2 Å². The fourth-order valence-electron chi connectivity index (χ4n) is 6.16. The number of hydrogen-bond acceptors (Lipinski definition) is 3. The smallest absolute Gasteiger partial charge is 0.226 e. The molecule has 0 saturated heterocycles. The number of rotatable bonds is 36. The van der Waals surface area contributed by atoms with Crippen molar-refractivity contribution in [3.63, 3.8) is 0 Å². The molecule has 0 aliphatic heterocycles. The monoisotopic (exact) mass is 608 g/mol. The molecule has 4 heteroatoms. The summed E-state index contributed by atoms with van der Waals surface area (Å²) < 4.78 is 0. The Hall–Kier alpha value is -0.900. The SMILES string of the molecule is CCCCCCCCCCCCCCCCCC(=O)NC(=O)CCCCCCCCCCCCCCCCCCCCO. The first-order valence-corrected chi connectivity index (χ1v) is 19.6. The van der Waals surface area contributed by atoms with Gasteiger partial charge >= 0.3 is 0 Å². The second-order valence-corrected chi connectivity index (χ2v) is 13.5. The Morgan fingerprint density at radius 3 is 0.791 bits per heavy atom. The lowest BCUT2D eigenvalue weighted by atomic mass is 10.0. The number of amides is 2. The lowest BCUT2D eigenvalue weighted by molar-refractivity contribution is -0.130. The Kier molecular flexibility index (Phi) is 36.5. The first-order valence-electron chi connectivity index (χ1n) is 19.6. The summed E-state index contributed by atoms with van der Waals surface area (Å²) >= 11 is 0. The number of unbranched alkanes of at least 4 members (excludes halogenated alkanes) is 31. The number of hydrogen-bond donors (Lipinski definition) is 2. The lowest BCUT2D eigenvalue weighted by Gasteiger charge is -2.05. The van der Waals surface area contributed by atoms with E-state index in [0.29, 0.717) is 19.4 Å². The molecule has 43 heavy (non-hydrogen) atoms. The van der Waals surface area contributed by atoms with Crippen molar-refractivity contribution in [2.45, 2.75) is 232 Å². The van der Waals surface area contributed by atoms with Gasteiger partial charge in [-0.3, -0.25) is 14.9 Å². The van der Waals surface area contributed by atoms with Gasteiger partial charge in [0.1, 0.15) is 0 Å². The molecule has 0 radical (unpaired) electrons. The van der Waals surface area contributed by atoms with E-state index in [1.807, 2.05) is 0 Å². The number of aliphatic hydroxyl groups excluding tert-OH is 1. The molecular formula is C39H77NO3. The Balaban J connectivity index is 3.26. The molecule has 0 aromatic rings. The van der Waals surface area contributed by atoms with Gasteiger partial charge in [-0.05, 0) is 19.3 Å². The molecule has 2 N–H and O–H groups in total. The fraction of sp³-hybridized carbons (Fsp3) is 0.949. The minimum absolute atomic E-state index is 0.0787. The van der Waals surface area contributed by atoms with E-state index in [9.17, 15) is 9.59 Å². The first-order chi connectivity index (χ1) is 21.2. The van der Waals surface area contributed by atoms with Crippen LogP contribution in [0.1, 0.15) is 232 Å². The summed E-state index contributed by atoms with van der Waals surface area (Å²) in [6.45, 7) is 2.63. The van der Waals surface area contributed by atoms with E-state index in [-0.39, 0.29) is 11.8 Å². The molecule has 0 aliphatic rings. The Morgan fingerprint density at radius 2 is 0.558 bits per heavy atom. The molecule has 0 rings (SSSR count). The number of nitrogens with one attached hydrogen (secondary N) is 1. The third kappa shape index (κ3) is 37.2. The van der Waals surface area contributed by atoms with Crippen LogP contribution in [-0.4, -0.2) is 23.5 Å². The molecule has 256 valence electrons. The summed E-state index contributed by atoms with van der Waals surface area (Å²) in [4.78, 5) is 24.1. The predicted octanol–water partition coefficient (Wildman–Crippen LogP) is 12.3. The quantitative estimate of drug-likeness (QED) is 0.0696. The second kappa shape index (κ2) is 37.3. The Labute approximate surface area is 269 Å². The average Bonchev–Trinajstić information content (AvgIpc) is 3.00. The molecule has 0 saturated carbocycles.